The van der Waals surface area contributed by atoms with Gasteiger partial charge in [0.1, 0.15) is 24.6 Å². The molecule has 1 rings (SSSR count). The van der Waals surface area contributed by atoms with E-state index in [0.717, 1.165) is 0 Å². The van der Waals surface area contributed by atoms with Crippen LogP contribution in [0.1, 0.15) is 6.42 Å². The molecule has 0 amide bonds. The highest BCUT2D eigenvalue weighted by Crippen LogP contribution is 2.25. The first-order chi connectivity index (χ1) is 4.13. The highest BCUT2D eigenvalue weighted by atomic mass is 19.1. The minimum absolute atomic E-state index is 0.387. The lowest BCUT2D eigenvalue weighted by molar-refractivity contribution is -0.00927. The lowest BCUT2D eigenvalue weighted by atomic mass is 10.2. The van der Waals surface area contributed by atoms with Crippen LogP contribution < -0.4 is 0 Å². The van der Waals surface area contributed by atoms with Gasteiger partial charge in [0.25, 0.3) is 0 Å². The second-order valence-electron chi connectivity index (χ2n) is 2.25. The van der Waals surface area contributed by atoms with Gasteiger partial charge in [-0.3, -0.25) is 0 Å². The number of rotatable bonds is 0. The Labute approximate surface area is 51.1 Å². The third-order valence-electron chi connectivity index (χ3n) is 1.54. The Hall–Kier alpha value is -0.220. The molecule has 4 heteroatoms. The first kappa shape index (κ1) is 6.89. The van der Waals surface area contributed by atoms with Crippen molar-refractivity contribution in [3.8, 4) is 0 Å². The molecule has 2 N–H and O–H groups in total. The number of hydrogen-bond acceptors (Lipinski definition) is 2. The average Bonchev–Trinajstić information content (AvgIpc) is 1.98. The van der Waals surface area contributed by atoms with Gasteiger partial charge < -0.3 is 10.2 Å². The standard InChI is InChI=1S/C5H8F2O2/c6-2-1-3(7)5(9)4(2)8/h2-5,8-9H,1H2/t2-,3+,4+,5-. The van der Waals surface area contributed by atoms with Crippen LogP contribution in [0.4, 0.5) is 8.78 Å². The molecule has 4 atom stereocenters. The normalized spacial score (nSPS) is 52.0. The van der Waals surface area contributed by atoms with E-state index in [2.05, 4.69) is 0 Å². The molecule has 54 valence electrons. The van der Waals surface area contributed by atoms with Gasteiger partial charge in [-0.05, 0) is 0 Å². The number of halogens is 2. The highest BCUT2D eigenvalue weighted by molar-refractivity contribution is 4.91. The lowest BCUT2D eigenvalue weighted by Crippen LogP contribution is -2.29. The second kappa shape index (κ2) is 2.19. The van der Waals surface area contributed by atoms with Crippen LogP contribution in [0.3, 0.4) is 0 Å². The summed E-state index contributed by atoms with van der Waals surface area (Å²) in [5.74, 6) is 0. The summed E-state index contributed by atoms with van der Waals surface area (Å²) in [6, 6.07) is 0. The topological polar surface area (TPSA) is 40.5 Å². The molecule has 0 unspecified atom stereocenters. The zero-order chi connectivity index (χ0) is 7.02. The Morgan fingerprint density at radius 1 is 1.00 bits per heavy atom. The van der Waals surface area contributed by atoms with Crippen molar-refractivity contribution in [2.24, 2.45) is 0 Å². The van der Waals surface area contributed by atoms with Crippen molar-refractivity contribution >= 4 is 0 Å². The molecule has 9 heavy (non-hydrogen) atoms. The summed E-state index contributed by atoms with van der Waals surface area (Å²) >= 11 is 0. The molecular formula is C5H8F2O2. The van der Waals surface area contributed by atoms with E-state index in [1.807, 2.05) is 0 Å². The van der Waals surface area contributed by atoms with Gasteiger partial charge in [0, 0.05) is 6.42 Å². The fraction of sp³-hybridized carbons (Fsp3) is 1.00. The molecule has 0 heterocycles. The van der Waals surface area contributed by atoms with Crippen LogP contribution in [-0.2, 0) is 0 Å². The van der Waals surface area contributed by atoms with Crippen molar-refractivity contribution in [1.29, 1.82) is 0 Å². The Balaban J connectivity index is 2.54. The summed E-state index contributed by atoms with van der Waals surface area (Å²) in [5, 5.41) is 17.1. The van der Waals surface area contributed by atoms with Gasteiger partial charge in [-0.15, -0.1) is 0 Å². The van der Waals surface area contributed by atoms with Crippen LogP contribution in [0.15, 0.2) is 0 Å². The molecule has 0 saturated heterocycles. The van der Waals surface area contributed by atoms with Crippen LogP contribution in [0.25, 0.3) is 0 Å². The first-order valence-corrected chi connectivity index (χ1v) is 2.77. The van der Waals surface area contributed by atoms with E-state index in [-0.39, 0.29) is 6.42 Å². The number of aliphatic hydroxyl groups is 2. The SMILES string of the molecule is O[C@@H]1[C@H](O)[C@@H](F)C[C@H]1F. The summed E-state index contributed by atoms with van der Waals surface area (Å²) in [6.07, 6.45) is -6.65. The molecule has 0 radical (unpaired) electrons. The lowest BCUT2D eigenvalue weighted by Gasteiger charge is -2.08. The Kier molecular flexibility index (Phi) is 1.68. The molecule has 0 aromatic rings. The van der Waals surface area contributed by atoms with Crippen molar-refractivity contribution in [3.63, 3.8) is 0 Å². The van der Waals surface area contributed by atoms with Crippen molar-refractivity contribution in [3.05, 3.63) is 0 Å². The fourth-order valence-corrected chi connectivity index (χ4v) is 0.922. The van der Waals surface area contributed by atoms with Gasteiger partial charge in [-0.25, -0.2) is 8.78 Å². The van der Waals surface area contributed by atoms with Gasteiger partial charge >= 0.3 is 0 Å². The summed E-state index contributed by atoms with van der Waals surface area (Å²) in [4.78, 5) is 0. The van der Waals surface area contributed by atoms with Crippen molar-refractivity contribution in [1.82, 2.24) is 0 Å². The van der Waals surface area contributed by atoms with E-state index in [9.17, 15) is 8.78 Å². The Morgan fingerprint density at radius 2 is 1.33 bits per heavy atom. The predicted octanol–water partition coefficient (Wildman–Crippen LogP) is -0.212. The minimum Gasteiger partial charge on any atom is -0.387 e. The predicted molar refractivity (Wildman–Crippen MR) is 26.4 cm³/mol. The van der Waals surface area contributed by atoms with Gasteiger partial charge in [0.15, 0.2) is 0 Å². The van der Waals surface area contributed by atoms with Crippen LogP contribution in [0, 0.1) is 0 Å². The summed E-state index contributed by atoms with van der Waals surface area (Å²) in [5.41, 5.74) is 0. The Bertz CT molecular complexity index is 97.1. The summed E-state index contributed by atoms with van der Waals surface area (Å²) in [6.45, 7) is 0. The van der Waals surface area contributed by atoms with Gasteiger partial charge in [0.2, 0.25) is 0 Å². The van der Waals surface area contributed by atoms with E-state index in [1.165, 1.54) is 0 Å². The molecule has 1 saturated carbocycles. The Morgan fingerprint density at radius 3 is 1.44 bits per heavy atom. The van der Waals surface area contributed by atoms with Crippen molar-refractivity contribution in [2.75, 3.05) is 0 Å². The minimum atomic E-state index is -1.60. The molecule has 1 aliphatic rings. The molecule has 0 aromatic carbocycles. The van der Waals surface area contributed by atoms with Crippen LogP contribution >= 0.6 is 0 Å². The molecule has 1 aliphatic carbocycles. The second-order valence-corrected chi connectivity index (χ2v) is 2.25. The van der Waals surface area contributed by atoms with E-state index < -0.39 is 24.6 Å². The molecule has 1 fully saturated rings. The van der Waals surface area contributed by atoms with Crippen molar-refractivity contribution < 1.29 is 19.0 Å². The molecule has 0 bridgehead atoms. The van der Waals surface area contributed by atoms with Crippen molar-refractivity contribution in [2.45, 2.75) is 31.0 Å². The zero-order valence-electron chi connectivity index (χ0n) is 4.67. The number of hydrogen-bond donors (Lipinski definition) is 2. The number of aliphatic hydroxyl groups excluding tert-OH is 2. The van der Waals surface area contributed by atoms with Gasteiger partial charge in [-0.2, -0.15) is 0 Å². The largest absolute Gasteiger partial charge is 0.387 e. The maximum Gasteiger partial charge on any atom is 0.131 e. The maximum absolute atomic E-state index is 12.2. The summed E-state index contributed by atoms with van der Waals surface area (Å²) in [7, 11) is 0. The highest BCUT2D eigenvalue weighted by Gasteiger charge is 2.41. The smallest absolute Gasteiger partial charge is 0.131 e. The fourth-order valence-electron chi connectivity index (χ4n) is 0.922. The van der Waals surface area contributed by atoms with Gasteiger partial charge in [-0.1, -0.05) is 0 Å². The third-order valence-corrected chi connectivity index (χ3v) is 1.54. The zero-order valence-corrected chi connectivity index (χ0v) is 4.67. The van der Waals surface area contributed by atoms with E-state index in [1.54, 1.807) is 0 Å². The average molecular weight is 138 g/mol. The third kappa shape index (κ3) is 1.04. The first-order valence-electron chi connectivity index (χ1n) is 2.77. The molecule has 0 aromatic heterocycles. The van der Waals surface area contributed by atoms with Crippen LogP contribution in [0.5, 0.6) is 0 Å². The molecule has 2 nitrogen and oxygen atoms in total. The van der Waals surface area contributed by atoms with E-state index in [0.29, 0.717) is 0 Å². The van der Waals surface area contributed by atoms with Crippen LogP contribution in [-0.4, -0.2) is 34.8 Å². The van der Waals surface area contributed by atoms with Gasteiger partial charge in [0.05, 0.1) is 0 Å². The monoisotopic (exact) mass is 138 g/mol. The maximum atomic E-state index is 12.2. The number of alkyl halides is 2. The summed E-state index contributed by atoms with van der Waals surface area (Å²) < 4.78 is 24.3. The molecule has 0 aliphatic heterocycles. The van der Waals surface area contributed by atoms with E-state index >= 15 is 0 Å². The molecular weight excluding hydrogens is 130 g/mol. The quantitative estimate of drug-likeness (QED) is 0.486. The molecule has 0 spiro atoms. The van der Waals surface area contributed by atoms with E-state index in [4.69, 9.17) is 10.2 Å². The van der Waals surface area contributed by atoms with Crippen LogP contribution in [0.2, 0.25) is 0 Å².